The summed E-state index contributed by atoms with van der Waals surface area (Å²) in [6.07, 6.45) is 2.26. The van der Waals surface area contributed by atoms with E-state index in [1.165, 1.54) is 36.0 Å². The molecule has 0 saturated carbocycles. The summed E-state index contributed by atoms with van der Waals surface area (Å²) in [4.78, 5) is 36.5. The van der Waals surface area contributed by atoms with Crippen LogP contribution in [0.15, 0.2) is 54.6 Å². The molecule has 0 aliphatic heterocycles. The smallest absolute Gasteiger partial charge is 0.329 e. The third kappa shape index (κ3) is 7.03. The van der Waals surface area contributed by atoms with Crippen molar-refractivity contribution in [2.75, 3.05) is 23.9 Å². The second-order valence-corrected chi connectivity index (χ2v) is 6.82. The number of halogens is 1. The maximum Gasteiger partial charge on any atom is 0.329 e. The zero-order valence-corrected chi connectivity index (χ0v) is 16.1. The van der Waals surface area contributed by atoms with E-state index in [1.807, 2.05) is 6.26 Å². The Morgan fingerprint density at radius 3 is 2.39 bits per heavy atom. The topological polar surface area (TPSA) is 84.5 Å². The van der Waals surface area contributed by atoms with Crippen LogP contribution in [0.4, 0.5) is 10.1 Å². The van der Waals surface area contributed by atoms with E-state index < -0.39 is 30.3 Å². The number of carbonyl (C=O) groups is 3. The molecule has 1 atom stereocenters. The maximum atomic E-state index is 12.9. The van der Waals surface area contributed by atoms with Crippen molar-refractivity contribution in [2.24, 2.45) is 0 Å². The first-order valence-electron chi connectivity index (χ1n) is 8.56. The molecule has 0 spiro atoms. The fourth-order valence-corrected chi connectivity index (χ4v) is 2.75. The molecule has 2 rings (SSSR count). The Morgan fingerprint density at radius 2 is 1.75 bits per heavy atom. The molecule has 0 saturated heterocycles. The summed E-state index contributed by atoms with van der Waals surface area (Å²) in [5.74, 6) is -1.42. The Labute approximate surface area is 166 Å². The van der Waals surface area contributed by atoms with Gasteiger partial charge in [-0.2, -0.15) is 11.8 Å². The first kappa shape index (κ1) is 21.4. The Balaban J connectivity index is 1.89. The van der Waals surface area contributed by atoms with Crippen molar-refractivity contribution < 1.29 is 23.5 Å². The molecule has 148 valence electrons. The van der Waals surface area contributed by atoms with Crippen molar-refractivity contribution in [1.82, 2.24) is 5.32 Å². The van der Waals surface area contributed by atoms with E-state index in [1.54, 1.807) is 30.3 Å². The number of carbonyl (C=O) groups excluding carboxylic acids is 3. The van der Waals surface area contributed by atoms with Crippen LogP contribution in [-0.2, 0) is 14.3 Å². The molecule has 0 radical (unpaired) electrons. The predicted octanol–water partition coefficient (Wildman–Crippen LogP) is 2.86. The standard InChI is InChI=1S/C20H21FN2O4S/c1-28-12-11-17(23-19(25)14-5-3-2-4-6-14)20(26)27-13-18(24)22-16-9-7-15(21)8-10-16/h2-10,17H,11-13H2,1H3,(H,22,24)(H,23,25)/t17-/m1/s1. The van der Waals surface area contributed by atoms with Gasteiger partial charge >= 0.3 is 5.97 Å². The van der Waals surface area contributed by atoms with Gasteiger partial charge in [-0.3, -0.25) is 9.59 Å². The molecular weight excluding hydrogens is 383 g/mol. The van der Waals surface area contributed by atoms with Crippen molar-refractivity contribution in [1.29, 1.82) is 0 Å². The molecular formula is C20H21FN2O4S. The number of hydrogen-bond donors (Lipinski definition) is 2. The molecule has 0 bridgehead atoms. The number of anilines is 1. The Kier molecular flexibility index (Phi) is 8.48. The number of thioether (sulfide) groups is 1. The van der Waals surface area contributed by atoms with Crippen LogP contribution in [0, 0.1) is 5.82 Å². The van der Waals surface area contributed by atoms with Gasteiger partial charge < -0.3 is 15.4 Å². The highest BCUT2D eigenvalue weighted by molar-refractivity contribution is 7.98. The Hall–Kier alpha value is -2.87. The van der Waals surface area contributed by atoms with Gasteiger partial charge in [0, 0.05) is 11.3 Å². The average molecular weight is 404 g/mol. The molecule has 2 amide bonds. The van der Waals surface area contributed by atoms with Crippen molar-refractivity contribution in [2.45, 2.75) is 12.5 Å². The summed E-state index contributed by atoms with van der Waals surface area (Å²) in [6, 6.07) is 12.9. The van der Waals surface area contributed by atoms with E-state index in [9.17, 15) is 18.8 Å². The van der Waals surface area contributed by atoms with Gasteiger partial charge in [0.1, 0.15) is 11.9 Å². The number of ether oxygens (including phenoxy) is 1. The van der Waals surface area contributed by atoms with E-state index in [4.69, 9.17) is 4.74 Å². The summed E-state index contributed by atoms with van der Waals surface area (Å²) in [5, 5.41) is 5.15. The monoisotopic (exact) mass is 404 g/mol. The minimum absolute atomic E-state index is 0.373. The van der Waals surface area contributed by atoms with E-state index in [2.05, 4.69) is 10.6 Å². The van der Waals surface area contributed by atoms with Crippen molar-refractivity contribution >= 4 is 35.2 Å². The molecule has 0 aliphatic carbocycles. The first-order valence-corrected chi connectivity index (χ1v) is 9.96. The fraction of sp³-hybridized carbons (Fsp3) is 0.250. The molecule has 28 heavy (non-hydrogen) atoms. The lowest BCUT2D eigenvalue weighted by Crippen LogP contribution is -2.43. The number of amides is 2. The lowest BCUT2D eigenvalue weighted by molar-refractivity contribution is -0.149. The lowest BCUT2D eigenvalue weighted by Gasteiger charge is -2.17. The zero-order chi connectivity index (χ0) is 20.4. The third-order valence-corrected chi connectivity index (χ3v) is 4.35. The lowest BCUT2D eigenvalue weighted by atomic mass is 10.1. The predicted molar refractivity (Wildman–Crippen MR) is 107 cm³/mol. The number of benzene rings is 2. The number of hydrogen-bond acceptors (Lipinski definition) is 5. The van der Waals surface area contributed by atoms with Crippen LogP contribution < -0.4 is 10.6 Å². The van der Waals surface area contributed by atoms with Gasteiger partial charge in [0.25, 0.3) is 11.8 Å². The average Bonchev–Trinajstić information content (AvgIpc) is 2.71. The van der Waals surface area contributed by atoms with E-state index in [0.29, 0.717) is 23.4 Å². The Bertz CT molecular complexity index is 800. The van der Waals surface area contributed by atoms with Crippen LogP contribution >= 0.6 is 11.8 Å². The highest BCUT2D eigenvalue weighted by Gasteiger charge is 2.23. The highest BCUT2D eigenvalue weighted by Crippen LogP contribution is 2.09. The molecule has 2 aromatic rings. The molecule has 2 N–H and O–H groups in total. The second-order valence-electron chi connectivity index (χ2n) is 5.84. The van der Waals surface area contributed by atoms with Crippen molar-refractivity contribution in [3.8, 4) is 0 Å². The first-order chi connectivity index (χ1) is 13.5. The molecule has 6 nitrogen and oxygen atoms in total. The van der Waals surface area contributed by atoms with Gasteiger partial charge in [0.15, 0.2) is 6.61 Å². The zero-order valence-electron chi connectivity index (χ0n) is 15.3. The van der Waals surface area contributed by atoms with Gasteiger partial charge in [-0.1, -0.05) is 18.2 Å². The molecule has 0 heterocycles. The van der Waals surface area contributed by atoms with E-state index >= 15 is 0 Å². The maximum absolute atomic E-state index is 12.9. The quantitative estimate of drug-likeness (QED) is 0.628. The van der Waals surface area contributed by atoms with Gasteiger partial charge in [0.2, 0.25) is 0 Å². The number of rotatable bonds is 9. The van der Waals surface area contributed by atoms with Crippen LogP contribution in [0.5, 0.6) is 0 Å². The second kappa shape index (κ2) is 11.1. The van der Waals surface area contributed by atoms with Gasteiger partial charge in [0.05, 0.1) is 0 Å². The largest absolute Gasteiger partial charge is 0.454 e. The van der Waals surface area contributed by atoms with Crippen LogP contribution in [0.1, 0.15) is 16.8 Å². The molecule has 0 unspecified atom stereocenters. The van der Waals surface area contributed by atoms with Crippen LogP contribution in [0.25, 0.3) is 0 Å². The summed E-state index contributed by atoms with van der Waals surface area (Å²) in [7, 11) is 0. The Morgan fingerprint density at radius 1 is 1.07 bits per heavy atom. The molecule has 8 heteroatoms. The van der Waals surface area contributed by atoms with Crippen molar-refractivity contribution in [3.05, 3.63) is 66.0 Å². The van der Waals surface area contributed by atoms with E-state index in [-0.39, 0.29) is 5.91 Å². The minimum Gasteiger partial charge on any atom is -0.454 e. The van der Waals surface area contributed by atoms with Crippen LogP contribution in [0.2, 0.25) is 0 Å². The fourth-order valence-electron chi connectivity index (χ4n) is 2.28. The molecule has 2 aromatic carbocycles. The summed E-state index contributed by atoms with van der Waals surface area (Å²) in [6.45, 7) is -0.507. The summed E-state index contributed by atoms with van der Waals surface area (Å²) in [5.41, 5.74) is 0.817. The third-order valence-electron chi connectivity index (χ3n) is 3.71. The SMILES string of the molecule is CSCC[C@@H](NC(=O)c1ccccc1)C(=O)OCC(=O)Nc1ccc(F)cc1. The highest BCUT2D eigenvalue weighted by atomic mass is 32.2. The van der Waals surface area contributed by atoms with Gasteiger partial charge in [-0.15, -0.1) is 0 Å². The van der Waals surface area contributed by atoms with Crippen molar-refractivity contribution in [3.63, 3.8) is 0 Å². The number of esters is 1. The summed E-state index contributed by atoms with van der Waals surface area (Å²) >= 11 is 1.53. The normalized spacial score (nSPS) is 11.4. The number of nitrogens with one attached hydrogen (secondary N) is 2. The van der Waals surface area contributed by atoms with E-state index in [0.717, 1.165) is 0 Å². The summed E-state index contributed by atoms with van der Waals surface area (Å²) < 4.78 is 17.9. The molecule has 0 aliphatic rings. The van der Waals surface area contributed by atoms with Gasteiger partial charge in [-0.05, 0) is 54.8 Å². The van der Waals surface area contributed by atoms with Crippen LogP contribution in [0.3, 0.4) is 0 Å². The van der Waals surface area contributed by atoms with Gasteiger partial charge in [-0.25, -0.2) is 9.18 Å². The molecule has 0 aromatic heterocycles. The van der Waals surface area contributed by atoms with Crippen LogP contribution in [-0.4, -0.2) is 42.4 Å². The molecule has 0 fully saturated rings. The minimum atomic E-state index is -0.862.